The summed E-state index contributed by atoms with van der Waals surface area (Å²) in [5.74, 6) is 0.856. The van der Waals surface area contributed by atoms with Gasteiger partial charge in [0.25, 0.3) is 0 Å². The van der Waals surface area contributed by atoms with E-state index in [1.807, 2.05) is 25.7 Å². The molecule has 2 amide bonds. The topological polar surface area (TPSA) is 75.4 Å². The molecule has 1 aliphatic heterocycles. The molecular weight excluding hydrogens is 314 g/mol. The number of halogens is 1. The summed E-state index contributed by atoms with van der Waals surface area (Å²) in [6, 6.07) is 0.195. The third-order valence-electron chi connectivity index (χ3n) is 4.89. The Morgan fingerprint density at radius 3 is 2.48 bits per heavy atom. The van der Waals surface area contributed by atoms with Gasteiger partial charge in [0.2, 0.25) is 11.8 Å². The highest BCUT2D eigenvalue weighted by Gasteiger charge is 2.33. The van der Waals surface area contributed by atoms with E-state index in [-0.39, 0.29) is 41.6 Å². The summed E-state index contributed by atoms with van der Waals surface area (Å²) in [4.78, 5) is 26.5. The number of hydrogen-bond acceptors (Lipinski definition) is 3. The van der Waals surface area contributed by atoms with Gasteiger partial charge in [-0.1, -0.05) is 20.8 Å². The third kappa shape index (κ3) is 5.64. The molecule has 0 aromatic carbocycles. The van der Waals surface area contributed by atoms with E-state index in [0.717, 1.165) is 45.2 Å². The molecule has 5 nitrogen and oxygen atoms in total. The van der Waals surface area contributed by atoms with Crippen LogP contribution in [-0.4, -0.2) is 42.4 Å². The summed E-state index contributed by atoms with van der Waals surface area (Å²) in [7, 11) is 0. The van der Waals surface area contributed by atoms with Gasteiger partial charge < -0.3 is 16.0 Å². The molecule has 0 radical (unpaired) electrons. The molecular formula is C17H32ClN3O2. The number of likely N-dealkylation sites (tertiary alicyclic amines) is 1. The maximum absolute atomic E-state index is 12.6. The Balaban J connectivity index is 0.00000264. The molecule has 6 heteroatoms. The van der Waals surface area contributed by atoms with Crippen molar-refractivity contribution >= 4 is 24.2 Å². The average Bonchev–Trinajstić information content (AvgIpc) is 2.89. The van der Waals surface area contributed by atoms with Crippen LogP contribution in [0.5, 0.6) is 0 Å². The Kier molecular flexibility index (Phi) is 7.33. The van der Waals surface area contributed by atoms with Crippen molar-refractivity contribution in [2.45, 2.75) is 58.9 Å². The molecule has 0 aromatic heterocycles. The van der Waals surface area contributed by atoms with Gasteiger partial charge in [-0.3, -0.25) is 9.59 Å². The highest BCUT2D eigenvalue weighted by atomic mass is 35.5. The number of piperidine rings is 1. The smallest absolute Gasteiger partial charge is 0.225 e. The van der Waals surface area contributed by atoms with Crippen molar-refractivity contribution < 1.29 is 9.59 Å². The van der Waals surface area contributed by atoms with E-state index in [2.05, 4.69) is 5.32 Å². The largest absolute Gasteiger partial charge is 0.355 e. The molecule has 2 aliphatic rings. The van der Waals surface area contributed by atoms with Gasteiger partial charge in [-0.25, -0.2) is 0 Å². The molecule has 0 spiro atoms. The monoisotopic (exact) mass is 345 g/mol. The Labute approximate surface area is 146 Å². The number of carbonyl (C=O) groups is 2. The van der Waals surface area contributed by atoms with Crippen molar-refractivity contribution in [3.8, 4) is 0 Å². The van der Waals surface area contributed by atoms with Crippen molar-refractivity contribution in [2.24, 2.45) is 23.0 Å². The molecule has 1 saturated carbocycles. The number of amides is 2. The van der Waals surface area contributed by atoms with Gasteiger partial charge in [0.1, 0.15) is 0 Å². The number of rotatable bonds is 3. The quantitative estimate of drug-likeness (QED) is 0.820. The Bertz CT molecular complexity index is 423. The fourth-order valence-corrected chi connectivity index (χ4v) is 3.43. The number of nitrogens with zero attached hydrogens (tertiary/aromatic N) is 1. The van der Waals surface area contributed by atoms with Crippen molar-refractivity contribution in [3.05, 3.63) is 0 Å². The minimum Gasteiger partial charge on any atom is -0.355 e. The minimum atomic E-state index is -0.357. The van der Waals surface area contributed by atoms with Crippen LogP contribution in [0, 0.1) is 17.3 Å². The molecule has 2 fully saturated rings. The lowest BCUT2D eigenvalue weighted by molar-refractivity contribution is -0.137. The van der Waals surface area contributed by atoms with Crippen molar-refractivity contribution in [1.29, 1.82) is 0 Å². The normalized spacial score (nSPS) is 28.2. The highest BCUT2D eigenvalue weighted by molar-refractivity contribution is 5.85. The lowest BCUT2D eigenvalue weighted by atomic mass is 9.93. The SMILES string of the molecule is CC(C)(C)C(=O)NCC1CCCN(C(=O)C2CCC(N)C2)C1.Cl. The summed E-state index contributed by atoms with van der Waals surface area (Å²) in [5.41, 5.74) is 5.57. The summed E-state index contributed by atoms with van der Waals surface area (Å²) in [6.07, 6.45) is 4.84. The van der Waals surface area contributed by atoms with E-state index >= 15 is 0 Å². The molecule has 3 unspecified atom stereocenters. The third-order valence-corrected chi connectivity index (χ3v) is 4.89. The Hall–Kier alpha value is -0.810. The van der Waals surface area contributed by atoms with E-state index in [9.17, 15) is 9.59 Å². The van der Waals surface area contributed by atoms with E-state index in [1.165, 1.54) is 0 Å². The van der Waals surface area contributed by atoms with Crippen LogP contribution >= 0.6 is 12.4 Å². The molecule has 3 atom stereocenters. The minimum absolute atomic E-state index is 0. The molecule has 3 N–H and O–H groups in total. The van der Waals surface area contributed by atoms with Crippen molar-refractivity contribution in [2.75, 3.05) is 19.6 Å². The highest BCUT2D eigenvalue weighted by Crippen LogP contribution is 2.28. The Morgan fingerprint density at radius 1 is 1.22 bits per heavy atom. The zero-order chi connectivity index (χ0) is 16.3. The van der Waals surface area contributed by atoms with Gasteiger partial charge in [0.05, 0.1) is 0 Å². The fourth-order valence-electron chi connectivity index (χ4n) is 3.43. The molecule has 23 heavy (non-hydrogen) atoms. The summed E-state index contributed by atoms with van der Waals surface area (Å²) in [6.45, 7) is 8.06. The van der Waals surface area contributed by atoms with Crippen LogP contribution in [0.3, 0.4) is 0 Å². The second-order valence-electron chi connectivity index (χ2n) is 8.02. The van der Waals surface area contributed by atoms with Crippen LogP contribution in [0.2, 0.25) is 0 Å². The van der Waals surface area contributed by atoms with Crippen molar-refractivity contribution in [3.63, 3.8) is 0 Å². The van der Waals surface area contributed by atoms with Gasteiger partial charge in [-0.05, 0) is 38.0 Å². The van der Waals surface area contributed by atoms with Crippen LogP contribution in [0.1, 0.15) is 52.9 Å². The maximum Gasteiger partial charge on any atom is 0.225 e. The second kappa shape index (κ2) is 8.34. The maximum atomic E-state index is 12.6. The Morgan fingerprint density at radius 2 is 1.91 bits per heavy atom. The van der Waals surface area contributed by atoms with Crippen LogP contribution in [0.4, 0.5) is 0 Å². The fraction of sp³-hybridized carbons (Fsp3) is 0.882. The average molecular weight is 346 g/mol. The first-order valence-electron chi connectivity index (χ1n) is 8.60. The van der Waals surface area contributed by atoms with E-state index in [1.54, 1.807) is 0 Å². The summed E-state index contributed by atoms with van der Waals surface area (Å²) >= 11 is 0. The van der Waals surface area contributed by atoms with Gasteiger partial charge in [-0.15, -0.1) is 12.4 Å². The first-order chi connectivity index (χ1) is 10.3. The number of carbonyl (C=O) groups excluding carboxylic acids is 2. The first kappa shape index (κ1) is 20.2. The van der Waals surface area contributed by atoms with Crippen LogP contribution in [-0.2, 0) is 9.59 Å². The summed E-state index contributed by atoms with van der Waals surface area (Å²) < 4.78 is 0. The van der Waals surface area contributed by atoms with Crippen LogP contribution in [0.25, 0.3) is 0 Å². The molecule has 1 heterocycles. The predicted molar refractivity (Wildman–Crippen MR) is 94.3 cm³/mol. The molecule has 0 aromatic rings. The summed E-state index contributed by atoms with van der Waals surface area (Å²) in [5, 5.41) is 3.03. The van der Waals surface area contributed by atoms with Crippen LogP contribution in [0.15, 0.2) is 0 Å². The molecule has 1 saturated heterocycles. The van der Waals surface area contributed by atoms with Crippen LogP contribution < -0.4 is 11.1 Å². The second-order valence-corrected chi connectivity index (χ2v) is 8.02. The van der Waals surface area contributed by atoms with Gasteiger partial charge in [0.15, 0.2) is 0 Å². The van der Waals surface area contributed by atoms with E-state index in [4.69, 9.17) is 5.73 Å². The van der Waals surface area contributed by atoms with Crippen molar-refractivity contribution in [1.82, 2.24) is 10.2 Å². The standard InChI is InChI=1S/C17H31N3O2.ClH/c1-17(2,3)16(22)19-10-12-5-4-8-20(11-12)15(21)13-6-7-14(18)9-13;/h12-14H,4-11,18H2,1-3H3,(H,19,22);1H. The number of hydrogen-bond donors (Lipinski definition) is 2. The van der Waals surface area contributed by atoms with Gasteiger partial charge in [0, 0.05) is 37.0 Å². The van der Waals surface area contributed by atoms with E-state index in [0.29, 0.717) is 12.5 Å². The molecule has 134 valence electrons. The number of nitrogens with one attached hydrogen (secondary N) is 1. The first-order valence-corrected chi connectivity index (χ1v) is 8.60. The lowest BCUT2D eigenvalue weighted by Crippen LogP contribution is -2.46. The molecule has 0 bridgehead atoms. The van der Waals surface area contributed by atoms with E-state index < -0.39 is 0 Å². The predicted octanol–water partition coefficient (Wildman–Crippen LogP) is 1.94. The zero-order valence-corrected chi connectivity index (χ0v) is 15.5. The van der Waals surface area contributed by atoms with Gasteiger partial charge in [-0.2, -0.15) is 0 Å². The lowest BCUT2D eigenvalue weighted by Gasteiger charge is -2.35. The number of nitrogens with two attached hydrogens (primary N) is 1. The van der Waals surface area contributed by atoms with Gasteiger partial charge >= 0.3 is 0 Å². The zero-order valence-electron chi connectivity index (χ0n) is 14.6. The molecule has 1 aliphatic carbocycles. The molecule has 2 rings (SSSR count).